The summed E-state index contributed by atoms with van der Waals surface area (Å²) in [6, 6.07) is 0. The molecule has 4 nitrogen and oxygen atoms in total. The van der Waals surface area contributed by atoms with E-state index >= 15 is 0 Å². The first-order valence-corrected chi connectivity index (χ1v) is 5.84. The van der Waals surface area contributed by atoms with E-state index in [1.165, 1.54) is 7.11 Å². The quantitative estimate of drug-likeness (QED) is 0.565. The predicted octanol–water partition coefficient (Wildman–Crippen LogP) is -0.343. The first-order valence-electron chi connectivity index (χ1n) is 4.02. The molecule has 5 heteroatoms. The van der Waals surface area contributed by atoms with Gasteiger partial charge in [-0.05, 0) is 6.54 Å². The number of hydrogen-bond acceptors (Lipinski definition) is 4. The van der Waals surface area contributed by atoms with E-state index in [0.29, 0.717) is 6.54 Å². The third-order valence-electron chi connectivity index (χ3n) is 1.44. The summed E-state index contributed by atoms with van der Waals surface area (Å²) in [6.07, 6.45) is 0. The number of hydrogen-bond donors (Lipinski definition) is 1. The zero-order valence-electron chi connectivity index (χ0n) is 7.67. The van der Waals surface area contributed by atoms with Crippen molar-refractivity contribution in [1.82, 2.24) is 5.32 Å². The molecule has 0 aromatic heterocycles. The Bertz CT molecular complexity index is 189. The molecule has 0 aromatic rings. The highest BCUT2D eigenvalue weighted by molar-refractivity contribution is 7.91. The van der Waals surface area contributed by atoms with E-state index in [1.807, 2.05) is 6.92 Å². The lowest BCUT2D eigenvalue weighted by Crippen LogP contribution is -2.25. The Labute approximate surface area is 74.2 Å². The lowest BCUT2D eigenvalue weighted by Gasteiger charge is -2.03. The van der Waals surface area contributed by atoms with Gasteiger partial charge in [-0.3, -0.25) is 0 Å². The number of ether oxygens (including phenoxy) is 1. The van der Waals surface area contributed by atoms with Crippen LogP contribution < -0.4 is 5.32 Å². The van der Waals surface area contributed by atoms with Crippen molar-refractivity contribution in [2.24, 2.45) is 0 Å². The van der Waals surface area contributed by atoms with Crippen LogP contribution in [0.1, 0.15) is 6.92 Å². The minimum Gasteiger partial charge on any atom is -0.384 e. The minimum absolute atomic E-state index is 0.120. The van der Waals surface area contributed by atoms with E-state index in [1.54, 1.807) is 0 Å². The van der Waals surface area contributed by atoms with Crippen molar-refractivity contribution >= 4 is 9.84 Å². The summed E-state index contributed by atoms with van der Waals surface area (Å²) in [5, 5.41) is 2.96. The predicted molar refractivity (Wildman–Crippen MR) is 49.1 cm³/mol. The van der Waals surface area contributed by atoms with E-state index in [2.05, 4.69) is 10.1 Å². The number of methoxy groups -OCH3 is 1. The Morgan fingerprint density at radius 2 is 2.00 bits per heavy atom. The van der Waals surface area contributed by atoms with Crippen LogP contribution >= 0.6 is 0 Å². The second-order valence-electron chi connectivity index (χ2n) is 2.50. The molecular weight excluding hydrogens is 178 g/mol. The standard InChI is InChI=1S/C7H17NO3S/c1-3-8-4-6-12(9,10)7-5-11-2/h8H,3-7H2,1-2H3. The summed E-state index contributed by atoms with van der Waals surface area (Å²) in [6.45, 7) is 3.57. The Kier molecular flexibility index (Phi) is 6.32. The molecule has 0 rings (SSSR count). The van der Waals surface area contributed by atoms with Crippen molar-refractivity contribution in [3.8, 4) is 0 Å². The van der Waals surface area contributed by atoms with Gasteiger partial charge in [-0.1, -0.05) is 6.92 Å². The second-order valence-corrected chi connectivity index (χ2v) is 4.80. The van der Waals surface area contributed by atoms with Crippen molar-refractivity contribution in [2.75, 3.05) is 38.3 Å². The molecule has 0 amide bonds. The van der Waals surface area contributed by atoms with Gasteiger partial charge in [0, 0.05) is 13.7 Å². The smallest absolute Gasteiger partial charge is 0.153 e. The highest BCUT2D eigenvalue weighted by Crippen LogP contribution is 1.88. The van der Waals surface area contributed by atoms with Crippen molar-refractivity contribution in [3.05, 3.63) is 0 Å². The molecule has 0 aromatic carbocycles. The molecule has 0 aliphatic carbocycles. The van der Waals surface area contributed by atoms with Crippen LogP contribution in [0.5, 0.6) is 0 Å². The van der Waals surface area contributed by atoms with Crippen molar-refractivity contribution < 1.29 is 13.2 Å². The minimum atomic E-state index is -2.90. The molecule has 0 aliphatic rings. The van der Waals surface area contributed by atoms with Crippen molar-refractivity contribution in [2.45, 2.75) is 6.92 Å². The van der Waals surface area contributed by atoms with E-state index < -0.39 is 9.84 Å². The topological polar surface area (TPSA) is 55.4 Å². The van der Waals surface area contributed by atoms with Gasteiger partial charge in [0.2, 0.25) is 0 Å². The van der Waals surface area contributed by atoms with Gasteiger partial charge >= 0.3 is 0 Å². The Balaban J connectivity index is 3.58. The zero-order valence-corrected chi connectivity index (χ0v) is 8.49. The van der Waals surface area contributed by atoms with Crippen LogP contribution in [0.2, 0.25) is 0 Å². The average molecular weight is 195 g/mol. The molecule has 0 saturated heterocycles. The molecule has 0 bridgehead atoms. The fourth-order valence-electron chi connectivity index (χ4n) is 0.717. The Morgan fingerprint density at radius 1 is 1.33 bits per heavy atom. The van der Waals surface area contributed by atoms with Crippen molar-refractivity contribution in [3.63, 3.8) is 0 Å². The van der Waals surface area contributed by atoms with E-state index in [9.17, 15) is 8.42 Å². The molecule has 0 saturated carbocycles. The number of nitrogens with one attached hydrogen (secondary N) is 1. The average Bonchev–Trinajstić information content (AvgIpc) is 2.01. The first kappa shape index (κ1) is 11.9. The molecule has 0 fully saturated rings. The van der Waals surface area contributed by atoms with Crippen molar-refractivity contribution in [1.29, 1.82) is 0 Å². The maximum Gasteiger partial charge on any atom is 0.153 e. The molecule has 12 heavy (non-hydrogen) atoms. The SMILES string of the molecule is CCNCCS(=O)(=O)CCOC. The summed E-state index contributed by atoms with van der Waals surface area (Å²) in [4.78, 5) is 0. The summed E-state index contributed by atoms with van der Waals surface area (Å²) in [5.74, 6) is 0.319. The Morgan fingerprint density at radius 3 is 2.50 bits per heavy atom. The monoisotopic (exact) mass is 195 g/mol. The summed E-state index contributed by atoms with van der Waals surface area (Å²) < 4.78 is 27.0. The molecule has 0 radical (unpaired) electrons. The summed E-state index contributed by atoms with van der Waals surface area (Å²) in [7, 11) is -1.40. The lowest BCUT2D eigenvalue weighted by atomic mass is 10.7. The van der Waals surface area contributed by atoms with Crippen LogP contribution in [0.25, 0.3) is 0 Å². The lowest BCUT2D eigenvalue weighted by molar-refractivity contribution is 0.217. The van der Waals surface area contributed by atoms with E-state index in [-0.39, 0.29) is 18.1 Å². The molecule has 0 spiro atoms. The van der Waals surface area contributed by atoms with Gasteiger partial charge in [-0.15, -0.1) is 0 Å². The second kappa shape index (κ2) is 6.39. The summed E-state index contributed by atoms with van der Waals surface area (Å²) >= 11 is 0. The molecule has 74 valence electrons. The van der Waals surface area contributed by atoms with E-state index in [4.69, 9.17) is 0 Å². The molecule has 0 heterocycles. The van der Waals surface area contributed by atoms with Gasteiger partial charge in [0.25, 0.3) is 0 Å². The van der Waals surface area contributed by atoms with Gasteiger partial charge in [0.1, 0.15) is 0 Å². The highest BCUT2D eigenvalue weighted by Gasteiger charge is 2.08. The third-order valence-corrected chi connectivity index (χ3v) is 3.05. The van der Waals surface area contributed by atoms with E-state index in [0.717, 1.165) is 6.54 Å². The van der Waals surface area contributed by atoms with Crippen LogP contribution in [0, 0.1) is 0 Å². The third kappa shape index (κ3) is 6.57. The summed E-state index contributed by atoms with van der Waals surface area (Å²) in [5.41, 5.74) is 0. The molecule has 0 atom stereocenters. The van der Waals surface area contributed by atoms with Gasteiger partial charge in [-0.25, -0.2) is 8.42 Å². The fraction of sp³-hybridized carbons (Fsp3) is 1.00. The zero-order chi connectivity index (χ0) is 9.45. The normalized spacial score (nSPS) is 11.8. The number of sulfone groups is 1. The fourth-order valence-corrected chi connectivity index (χ4v) is 1.80. The molecular formula is C7H17NO3S. The van der Waals surface area contributed by atoms with Crippen LogP contribution in [-0.4, -0.2) is 46.7 Å². The maximum absolute atomic E-state index is 11.1. The molecule has 1 N–H and O–H groups in total. The maximum atomic E-state index is 11.1. The van der Waals surface area contributed by atoms with Crippen LogP contribution in [0.15, 0.2) is 0 Å². The van der Waals surface area contributed by atoms with Gasteiger partial charge in [0.15, 0.2) is 9.84 Å². The van der Waals surface area contributed by atoms with Crippen LogP contribution in [0.3, 0.4) is 0 Å². The largest absolute Gasteiger partial charge is 0.384 e. The Hall–Kier alpha value is -0.130. The van der Waals surface area contributed by atoms with Crippen LogP contribution in [0.4, 0.5) is 0 Å². The number of rotatable bonds is 7. The first-order chi connectivity index (χ1) is 5.62. The highest BCUT2D eigenvalue weighted by atomic mass is 32.2. The molecule has 0 unspecified atom stereocenters. The van der Waals surface area contributed by atoms with Gasteiger partial charge < -0.3 is 10.1 Å². The van der Waals surface area contributed by atoms with Gasteiger partial charge in [0.05, 0.1) is 18.1 Å². The van der Waals surface area contributed by atoms with Gasteiger partial charge in [-0.2, -0.15) is 0 Å². The van der Waals surface area contributed by atoms with Crippen LogP contribution in [-0.2, 0) is 14.6 Å². The molecule has 0 aliphatic heterocycles.